The van der Waals surface area contributed by atoms with E-state index in [4.69, 9.17) is 18.6 Å². The first-order valence-electron chi connectivity index (χ1n) is 12.1. The van der Waals surface area contributed by atoms with Gasteiger partial charge in [-0.15, -0.1) is 0 Å². The summed E-state index contributed by atoms with van der Waals surface area (Å²) in [7, 11) is 3.24. The first kappa shape index (κ1) is 25.2. The highest BCUT2D eigenvalue weighted by Crippen LogP contribution is 2.37. The molecule has 0 bridgehead atoms. The minimum absolute atomic E-state index is 0.00662. The second kappa shape index (κ2) is 11.2. The fourth-order valence-electron chi connectivity index (χ4n) is 4.46. The molecule has 4 rings (SSSR count). The van der Waals surface area contributed by atoms with E-state index in [1.54, 1.807) is 38.4 Å². The number of fused-ring (bicyclic) bond motifs is 1. The number of piperidine rings is 1. The highest BCUT2D eigenvalue weighted by Gasteiger charge is 2.24. The normalized spacial score (nSPS) is 14.6. The second-order valence-corrected chi connectivity index (χ2v) is 8.72. The van der Waals surface area contributed by atoms with Gasteiger partial charge in [-0.3, -0.25) is 4.79 Å². The number of furan rings is 1. The molecular formula is C28H32N2O6. The van der Waals surface area contributed by atoms with Gasteiger partial charge in [-0.1, -0.05) is 12.1 Å². The number of allylic oxidation sites excluding steroid dienone is 1. The zero-order chi connectivity index (χ0) is 25.7. The SMILES string of the molecule is CCOC(=O)N1CCC(NC(=O)/C=C(\C)c2cc3c(-c4ccc(OC)cc4)coc3cc2OC)CC1. The zero-order valence-electron chi connectivity index (χ0n) is 21.1. The molecule has 0 unspecified atom stereocenters. The summed E-state index contributed by atoms with van der Waals surface area (Å²) in [6.07, 6.45) is 4.40. The standard InChI is InChI=1S/C28H32N2O6/c1-5-35-28(32)30-12-10-20(11-13-30)29-27(31)14-18(2)22-15-23-24(17-36-26(23)16-25(22)34-4)19-6-8-21(33-3)9-7-19/h6-9,14-17,20H,5,10-13H2,1-4H3,(H,29,31)/b18-14+. The third-order valence-electron chi connectivity index (χ3n) is 6.44. The van der Waals surface area contributed by atoms with Gasteiger partial charge in [0, 0.05) is 47.8 Å². The summed E-state index contributed by atoms with van der Waals surface area (Å²) in [5.41, 5.74) is 4.24. The summed E-state index contributed by atoms with van der Waals surface area (Å²) in [6.45, 7) is 5.16. The van der Waals surface area contributed by atoms with Crippen molar-refractivity contribution < 1.29 is 28.2 Å². The van der Waals surface area contributed by atoms with Gasteiger partial charge in [0.15, 0.2) is 0 Å². The summed E-state index contributed by atoms with van der Waals surface area (Å²) in [6, 6.07) is 11.6. The molecule has 3 aromatic rings. The number of nitrogens with zero attached hydrogens (tertiary/aromatic N) is 1. The molecule has 0 saturated carbocycles. The number of nitrogens with one attached hydrogen (secondary N) is 1. The predicted octanol–water partition coefficient (Wildman–Crippen LogP) is 5.26. The Morgan fingerprint density at radius 3 is 2.47 bits per heavy atom. The number of hydrogen-bond acceptors (Lipinski definition) is 6. The average molecular weight is 493 g/mol. The van der Waals surface area contributed by atoms with Gasteiger partial charge in [-0.25, -0.2) is 4.79 Å². The maximum Gasteiger partial charge on any atom is 0.409 e. The van der Waals surface area contributed by atoms with Gasteiger partial charge in [0.2, 0.25) is 5.91 Å². The molecule has 1 aromatic heterocycles. The molecule has 2 heterocycles. The Balaban J connectivity index is 1.51. The number of hydrogen-bond donors (Lipinski definition) is 1. The zero-order valence-corrected chi connectivity index (χ0v) is 21.1. The van der Waals surface area contributed by atoms with Crippen LogP contribution < -0.4 is 14.8 Å². The van der Waals surface area contributed by atoms with Gasteiger partial charge >= 0.3 is 6.09 Å². The van der Waals surface area contributed by atoms with Gasteiger partial charge in [-0.2, -0.15) is 0 Å². The van der Waals surface area contributed by atoms with Gasteiger partial charge in [0.05, 0.1) is 27.1 Å². The maximum absolute atomic E-state index is 12.8. The van der Waals surface area contributed by atoms with E-state index in [-0.39, 0.29) is 18.0 Å². The summed E-state index contributed by atoms with van der Waals surface area (Å²) >= 11 is 0. The van der Waals surface area contributed by atoms with Crippen LogP contribution >= 0.6 is 0 Å². The van der Waals surface area contributed by atoms with Crippen molar-refractivity contribution in [2.75, 3.05) is 33.9 Å². The molecule has 1 fully saturated rings. The minimum atomic E-state index is -0.297. The third-order valence-corrected chi connectivity index (χ3v) is 6.44. The average Bonchev–Trinajstić information content (AvgIpc) is 3.31. The van der Waals surface area contributed by atoms with Crippen LogP contribution in [0.25, 0.3) is 27.7 Å². The highest BCUT2D eigenvalue weighted by atomic mass is 16.6. The summed E-state index contributed by atoms with van der Waals surface area (Å²) in [4.78, 5) is 26.4. The maximum atomic E-state index is 12.8. The smallest absolute Gasteiger partial charge is 0.409 e. The van der Waals surface area contributed by atoms with E-state index in [0.717, 1.165) is 33.4 Å². The van der Waals surface area contributed by atoms with Crippen molar-refractivity contribution in [3.05, 3.63) is 54.3 Å². The lowest BCUT2D eigenvalue weighted by atomic mass is 9.99. The number of rotatable bonds is 7. The molecule has 2 aromatic carbocycles. The predicted molar refractivity (Wildman–Crippen MR) is 138 cm³/mol. The fourth-order valence-corrected chi connectivity index (χ4v) is 4.46. The Hall–Kier alpha value is -3.94. The highest BCUT2D eigenvalue weighted by molar-refractivity contribution is 6.00. The molecule has 36 heavy (non-hydrogen) atoms. The first-order valence-corrected chi connectivity index (χ1v) is 12.1. The van der Waals surface area contributed by atoms with Crippen molar-refractivity contribution in [3.63, 3.8) is 0 Å². The van der Waals surface area contributed by atoms with E-state index >= 15 is 0 Å². The molecule has 1 aliphatic heterocycles. The van der Waals surface area contributed by atoms with Crippen molar-refractivity contribution in [1.29, 1.82) is 0 Å². The Morgan fingerprint density at radius 2 is 1.83 bits per heavy atom. The van der Waals surface area contributed by atoms with Crippen LogP contribution in [-0.2, 0) is 9.53 Å². The van der Waals surface area contributed by atoms with E-state index in [9.17, 15) is 9.59 Å². The number of likely N-dealkylation sites (tertiary alicyclic amines) is 1. The van der Waals surface area contributed by atoms with Crippen molar-refractivity contribution in [3.8, 4) is 22.6 Å². The molecule has 2 amide bonds. The van der Waals surface area contributed by atoms with E-state index in [0.29, 0.717) is 43.9 Å². The topological polar surface area (TPSA) is 90.2 Å². The van der Waals surface area contributed by atoms with Crippen molar-refractivity contribution in [2.24, 2.45) is 0 Å². The van der Waals surface area contributed by atoms with E-state index < -0.39 is 0 Å². The lowest BCUT2D eigenvalue weighted by Gasteiger charge is -2.31. The number of methoxy groups -OCH3 is 2. The molecule has 0 spiro atoms. The van der Waals surface area contributed by atoms with E-state index in [1.807, 2.05) is 43.3 Å². The molecule has 8 nitrogen and oxygen atoms in total. The van der Waals surface area contributed by atoms with Gasteiger partial charge < -0.3 is 28.8 Å². The summed E-state index contributed by atoms with van der Waals surface area (Å²) < 4.78 is 21.7. The molecule has 1 N–H and O–H groups in total. The number of amides is 2. The van der Waals surface area contributed by atoms with Crippen molar-refractivity contribution in [1.82, 2.24) is 10.2 Å². The lowest BCUT2D eigenvalue weighted by molar-refractivity contribution is -0.117. The Kier molecular flexibility index (Phi) is 7.83. The number of carbonyl (C=O) groups excluding carboxylic acids is 2. The minimum Gasteiger partial charge on any atom is -0.497 e. The number of ether oxygens (including phenoxy) is 3. The van der Waals surface area contributed by atoms with Crippen LogP contribution in [-0.4, -0.2) is 56.9 Å². The molecule has 190 valence electrons. The van der Waals surface area contributed by atoms with Crippen LogP contribution in [0.15, 0.2) is 53.2 Å². The molecule has 0 aliphatic carbocycles. The van der Waals surface area contributed by atoms with Crippen LogP contribution in [0.2, 0.25) is 0 Å². The third kappa shape index (κ3) is 5.48. The summed E-state index contributed by atoms with van der Waals surface area (Å²) in [5, 5.41) is 3.99. The Labute approximate surface area is 210 Å². The molecule has 1 saturated heterocycles. The van der Waals surface area contributed by atoms with Gasteiger partial charge in [0.25, 0.3) is 0 Å². The monoisotopic (exact) mass is 492 g/mol. The van der Waals surface area contributed by atoms with Crippen molar-refractivity contribution >= 4 is 28.5 Å². The number of carbonyl (C=O) groups is 2. The number of benzene rings is 2. The van der Waals surface area contributed by atoms with Gasteiger partial charge in [0.1, 0.15) is 17.1 Å². The van der Waals surface area contributed by atoms with E-state index in [2.05, 4.69) is 5.32 Å². The quantitative estimate of drug-likeness (QED) is 0.453. The van der Waals surface area contributed by atoms with Crippen LogP contribution in [0.4, 0.5) is 4.79 Å². The fraction of sp³-hybridized carbons (Fsp3) is 0.357. The van der Waals surface area contributed by atoms with E-state index in [1.165, 1.54) is 0 Å². The molecular weight excluding hydrogens is 460 g/mol. The van der Waals surface area contributed by atoms with Crippen LogP contribution in [0.1, 0.15) is 32.3 Å². The molecule has 0 atom stereocenters. The van der Waals surface area contributed by atoms with Gasteiger partial charge in [-0.05, 0) is 56.0 Å². The molecule has 0 radical (unpaired) electrons. The van der Waals surface area contributed by atoms with Crippen LogP contribution in [0.5, 0.6) is 11.5 Å². The molecule has 1 aliphatic rings. The second-order valence-electron chi connectivity index (χ2n) is 8.72. The van der Waals surface area contributed by atoms with Crippen LogP contribution in [0.3, 0.4) is 0 Å². The first-order chi connectivity index (χ1) is 17.4. The lowest BCUT2D eigenvalue weighted by Crippen LogP contribution is -2.46. The summed E-state index contributed by atoms with van der Waals surface area (Å²) in [5.74, 6) is 1.24. The Bertz CT molecular complexity index is 1250. The van der Waals surface area contributed by atoms with Crippen molar-refractivity contribution in [2.45, 2.75) is 32.7 Å². The Morgan fingerprint density at radius 1 is 1.11 bits per heavy atom. The molecule has 8 heteroatoms. The van der Waals surface area contributed by atoms with Crippen LogP contribution in [0, 0.1) is 0 Å². The largest absolute Gasteiger partial charge is 0.497 e.